The summed E-state index contributed by atoms with van der Waals surface area (Å²) in [6.45, 7) is 2.34. The van der Waals surface area contributed by atoms with Gasteiger partial charge in [0.05, 0.1) is 17.0 Å². The summed E-state index contributed by atoms with van der Waals surface area (Å²) in [6, 6.07) is 28.1. The van der Waals surface area contributed by atoms with E-state index in [2.05, 4.69) is 6.07 Å². The fourth-order valence-corrected chi connectivity index (χ4v) is 6.18. The van der Waals surface area contributed by atoms with Crippen molar-refractivity contribution < 1.29 is 8.42 Å². The SMILES string of the molecule is Cc1ccc(S(=O)(=O)N2CCCC2C(C#N)(c2ccccc2)c2ccccc2)cc1. The van der Waals surface area contributed by atoms with E-state index in [0.717, 1.165) is 23.1 Å². The van der Waals surface area contributed by atoms with Crippen molar-refractivity contribution in [3.8, 4) is 6.07 Å². The van der Waals surface area contributed by atoms with Crippen LogP contribution < -0.4 is 0 Å². The molecule has 1 unspecified atom stereocenters. The fourth-order valence-electron chi connectivity index (χ4n) is 4.46. The van der Waals surface area contributed by atoms with Crippen LogP contribution in [-0.2, 0) is 15.4 Å². The molecule has 1 atom stereocenters. The molecule has 1 heterocycles. The van der Waals surface area contributed by atoms with Crippen LogP contribution in [-0.4, -0.2) is 25.3 Å². The lowest BCUT2D eigenvalue weighted by Crippen LogP contribution is -2.49. The molecule has 4 rings (SSSR count). The van der Waals surface area contributed by atoms with E-state index >= 15 is 0 Å². The van der Waals surface area contributed by atoms with E-state index in [4.69, 9.17) is 0 Å². The van der Waals surface area contributed by atoms with Gasteiger partial charge in [-0.2, -0.15) is 9.57 Å². The van der Waals surface area contributed by atoms with Crippen LogP contribution in [0.25, 0.3) is 0 Å². The van der Waals surface area contributed by atoms with Gasteiger partial charge >= 0.3 is 0 Å². The quantitative estimate of drug-likeness (QED) is 0.608. The Balaban J connectivity index is 1.89. The second-order valence-electron chi connectivity index (χ2n) is 7.74. The Morgan fingerprint density at radius 2 is 1.43 bits per heavy atom. The van der Waals surface area contributed by atoms with E-state index in [-0.39, 0.29) is 4.90 Å². The molecule has 1 aliphatic heterocycles. The lowest BCUT2D eigenvalue weighted by molar-refractivity contribution is 0.319. The highest BCUT2D eigenvalue weighted by Gasteiger charge is 2.51. The van der Waals surface area contributed by atoms with Crippen molar-refractivity contribution in [2.24, 2.45) is 0 Å². The molecule has 0 amide bonds. The number of rotatable bonds is 5. The summed E-state index contributed by atoms with van der Waals surface area (Å²) in [7, 11) is -3.73. The molecule has 3 aromatic rings. The third kappa shape index (κ3) is 3.32. The Morgan fingerprint density at radius 1 is 0.900 bits per heavy atom. The van der Waals surface area contributed by atoms with Crippen LogP contribution >= 0.6 is 0 Å². The van der Waals surface area contributed by atoms with Crippen molar-refractivity contribution in [1.82, 2.24) is 4.31 Å². The topological polar surface area (TPSA) is 61.2 Å². The molecule has 0 aromatic heterocycles. The first-order valence-electron chi connectivity index (χ1n) is 10.1. The van der Waals surface area contributed by atoms with Gasteiger partial charge in [0, 0.05) is 6.54 Å². The van der Waals surface area contributed by atoms with Crippen LogP contribution in [0.5, 0.6) is 0 Å². The van der Waals surface area contributed by atoms with Crippen molar-refractivity contribution in [2.75, 3.05) is 6.54 Å². The smallest absolute Gasteiger partial charge is 0.207 e. The lowest BCUT2D eigenvalue weighted by Gasteiger charge is -2.38. The highest BCUT2D eigenvalue weighted by Crippen LogP contribution is 2.43. The molecule has 0 saturated carbocycles. The standard InChI is InChI=1S/C25H24N2O2S/c1-20-14-16-23(17-15-20)30(28,29)27-18-8-13-24(27)25(19-26,21-9-4-2-5-10-21)22-11-6-3-7-12-22/h2-7,9-12,14-17,24H,8,13,18H2,1H3. The highest BCUT2D eigenvalue weighted by atomic mass is 32.2. The summed E-state index contributed by atoms with van der Waals surface area (Å²) in [5.41, 5.74) is 1.55. The van der Waals surface area contributed by atoms with Crippen LogP contribution in [0.15, 0.2) is 89.8 Å². The Labute approximate surface area is 178 Å². The summed E-state index contributed by atoms with van der Waals surface area (Å²) in [5, 5.41) is 10.6. The minimum absolute atomic E-state index is 0.271. The van der Waals surface area contributed by atoms with Crippen molar-refractivity contribution >= 4 is 10.0 Å². The zero-order valence-electron chi connectivity index (χ0n) is 16.9. The maximum atomic E-state index is 13.6. The van der Waals surface area contributed by atoms with E-state index in [1.165, 1.54) is 0 Å². The van der Waals surface area contributed by atoms with E-state index in [1.54, 1.807) is 16.4 Å². The van der Waals surface area contributed by atoms with E-state index < -0.39 is 21.5 Å². The Hall–Kier alpha value is -2.94. The van der Waals surface area contributed by atoms with Gasteiger partial charge in [-0.3, -0.25) is 0 Å². The van der Waals surface area contributed by atoms with Crippen LogP contribution in [0.3, 0.4) is 0 Å². The molecule has 0 bridgehead atoms. The largest absolute Gasteiger partial charge is 0.243 e. The van der Waals surface area contributed by atoms with E-state index in [1.807, 2.05) is 79.7 Å². The third-order valence-electron chi connectivity index (χ3n) is 5.97. The van der Waals surface area contributed by atoms with Crippen LogP contribution in [0.1, 0.15) is 29.5 Å². The predicted octanol–water partition coefficient (Wildman–Crippen LogP) is 4.66. The molecule has 0 N–H and O–H groups in total. The number of hydrogen-bond acceptors (Lipinski definition) is 3. The monoisotopic (exact) mass is 416 g/mol. The van der Waals surface area contributed by atoms with Gasteiger partial charge in [-0.15, -0.1) is 0 Å². The number of hydrogen-bond donors (Lipinski definition) is 0. The first-order valence-corrected chi connectivity index (χ1v) is 11.5. The van der Waals surface area contributed by atoms with Gasteiger partial charge in [0.2, 0.25) is 10.0 Å². The molecule has 0 radical (unpaired) electrons. The first-order chi connectivity index (χ1) is 14.5. The summed E-state index contributed by atoms with van der Waals surface area (Å²) >= 11 is 0. The average molecular weight is 417 g/mol. The second kappa shape index (κ2) is 8.06. The minimum Gasteiger partial charge on any atom is -0.207 e. The number of nitrogens with zero attached hydrogens (tertiary/aromatic N) is 2. The molecule has 1 saturated heterocycles. The molecule has 4 nitrogen and oxygen atoms in total. The molecule has 152 valence electrons. The molecule has 3 aromatic carbocycles. The Morgan fingerprint density at radius 3 is 1.93 bits per heavy atom. The normalized spacial score (nSPS) is 17.5. The number of sulfonamides is 1. The van der Waals surface area contributed by atoms with Crippen molar-refractivity contribution in [1.29, 1.82) is 5.26 Å². The van der Waals surface area contributed by atoms with Crippen molar-refractivity contribution in [2.45, 2.75) is 36.1 Å². The van der Waals surface area contributed by atoms with Crippen LogP contribution in [0.4, 0.5) is 0 Å². The zero-order chi connectivity index (χ0) is 21.2. The molecule has 1 fully saturated rings. The fraction of sp³-hybridized carbons (Fsp3) is 0.240. The minimum atomic E-state index is -3.73. The van der Waals surface area contributed by atoms with Gasteiger partial charge in [0.25, 0.3) is 0 Å². The van der Waals surface area contributed by atoms with Gasteiger partial charge < -0.3 is 0 Å². The first kappa shape index (κ1) is 20.3. The molecule has 0 aliphatic carbocycles. The van der Waals surface area contributed by atoms with Crippen LogP contribution in [0.2, 0.25) is 0 Å². The molecule has 30 heavy (non-hydrogen) atoms. The van der Waals surface area contributed by atoms with Crippen molar-refractivity contribution in [3.05, 3.63) is 102 Å². The Kier molecular flexibility index (Phi) is 5.46. The van der Waals surface area contributed by atoms with Crippen molar-refractivity contribution in [3.63, 3.8) is 0 Å². The molecular formula is C25H24N2O2S. The number of aryl methyl sites for hydroxylation is 1. The molecule has 5 heteroatoms. The van der Waals surface area contributed by atoms with E-state index in [9.17, 15) is 13.7 Å². The summed E-state index contributed by atoms with van der Waals surface area (Å²) < 4.78 is 28.7. The van der Waals surface area contributed by atoms with Gasteiger partial charge in [0.1, 0.15) is 5.41 Å². The average Bonchev–Trinajstić information content (AvgIpc) is 3.28. The Bertz CT molecular complexity index is 1110. The zero-order valence-corrected chi connectivity index (χ0v) is 17.7. The van der Waals surface area contributed by atoms with Gasteiger partial charge in [-0.25, -0.2) is 8.42 Å². The molecule has 0 spiro atoms. The molecule has 1 aliphatic rings. The van der Waals surface area contributed by atoms with Gasteiger partial charge in [0.15, 0.2) is 0 Å². The number of benzene rings is 3. The van der Waals surface area contributed by atoms with Crippen LogP contribution in [0, 0.1) is 18.3 Å². The lowest BCUT2D eigenvalue weighted by atomic mass is 9.69. The second-order valence-corrected chi connectivity index (χ2v) is 9.63. The molecular weight excluding hydrogens is 392 g/mol. The maximum absolute atomic E-state index is 13.6. The maximum Gasteiger partial charge on any atom is 0.243 e. The summed E-state index contributed by atoms with van der Waals surface area (Å²) in [5.74, 6) is 0. The van der Waals surface area contributed by atoms with E-state index in [0.29, 0.717) is 13.0 Å². The van der Waals surface area contributed by atoms with Gasteiger partial charge in [-0.05, 0) is 43.0 Å². The highest BCUT2D eigenvalue weighted by molar-refractivity contribution is 7.89. The summed E-state index contributed by atoms with van der Waals surface area (Å²) in [4.78, 5) is 0.271. The number of nitriles is 1. The summed E-state index contributed by atoms with van der Waals surface area (Å²) in [6.07, 6.45) is 1.35. The predicted molar refractivity (Wildman–Crippen MR) is 117 cm³/mol. The van der Waals surface area contributed by atoms with Gasteiger partial charge in [-0.1, -0.05) is 78.4 Å². The third-order valence-corrected chi connectivity index (χ3v) is 7.89.